The molecule has 2 aliphatic heterocycles. The van der Waals surface area contributed by atoms with Crippen LogP contribution in [0.15, 0.2) is 35.2 Å². The minimum Gasteiger partial charge on any atom is -0.393 e. The largest absolute Gasteiger partial charge is 0.393 e. The van der Waals surface area contributed by atoms with E-state index in [1.54, 1.807) is 30.3 Å². The minimum atomic E-state index is -3.69. The first-order chi connectivity index (χ1) is 16.2. The Morgan fingerprint density at radius 1 is 0.971 bits per heavy atom. The zero-order valence-corrected chi connectivity index (χ0v) is 23.1. The predicted molar refractivity (Wildman–Crippen MR) is 135 cm³/mol. The highest BCUT2D eigenvalue weighted by molar-refractivity contribution is 7.92. The van der Waals surface area contributed by atoms with Crippen LogP contribution in [-0.4, -0.2) is 61.9 Å². The molecule has 0 spiro atoms. The SMILES string of the molecule is C[C@@H]1COC(C)(C)OC1[C@@H](C)CCC(O)CC([C@@H](C)[C@@H]1COC(C)(C)O1)S(=O)(=O)c1ccccc1. The lowest BCUT2D eigenvalue weighted by Crippen LogP contribution is -2.47. The quantitative estimate of drug-likeness (QED) is 0.491. The smallest absolute Gasteiger partial charge is 0.181 e. The molecule has 1 aromatic rings. The van der Waals surface area contributed by atoms with E-state index in [0.29, 0.717) is 19.6 Å². The first-order valence-corrected chi connectivity index (χ1v) is 14.4. The maximum Gasteiger partial charge on any atom is 0.181 e. The van der Waals surface area contributed by atoms with Crippen molar-refractivity contribution in [2.24, 2.45) is 17.8 Å². The molecule has 0 radical (unpaired) electrons. The topological polar surface area (TPSA) is 91.3 Å². The fraction of sp³-hybridized carbons (Fsp3) is 0.778. The Labute approximate surface area is 211 Å². The number of aliphatic hydroxyl groups is 1. The molecular formula is C27H44O7S. The van der Waals surface area contributed by atoms with Crippen LogP contribution in [0.5, 0.6) is 0 Å². The second-order valence-corrected chi connectivity index (χ2v) is 13.5. The van der Waals surface area contributed by atoms with Gasteiger partial charge in [-0.15, -0.1) is 0 Å². The Bertz CT molecular complexity index is 915. The maximum absolute atomic E-state index is 13.7. The number of sulfone groups is 1. The number of rotatable bonds is 10. The van der Waals surface area contributed by atoms with Crippen molar-refractivity contribution >= 4 is 9.84 Å². The highest BCUT2D eigenvalue weighted by Gasteiger charge is 2.44. The molecule has 0 aliphatic carbocycles. The summed E-state index contributed by atoms with van der Waals surface area (Å²) < 4.78 is 51.0. The first kappa shape index (κ1) is 28.5. The van der Waals surface area contributed by atoms with Crippen LogP contribution < -0.4 is 0 Å². The molecule has 2 fully saturated rings. The highest BCUT2D eigenvalue weighted by atomic mass is 32.2. The van der Waals surface area contributed by atoms with Gasteiger partial charge in [0.2, 0.25) is 0 Å². The van der Waals surface area contributed by atoms with E-state index in [0.717, 1.165) is 6.42 Å². The second kappa shape index (κ2) is 11.2. The zero-order valence-electron chi connectivity index (χ0n) is 22.3. The molecule has 35 heavy (non-hydrogen) atoms. The molecule has 0 amide bonds. The minimum absolute atomic E-state index is 0.0278. The number of ether oxygens (including phenoxy) is 4. The fourth-order valence-electron chi connectivity index (χ4n) is 5.21. The summed E-state index contributed by atoms with van der Waals surface area (Å²) in [6.07, 6.45) is 0.270. The van der Waals surface area contributed by atoms with E-state index in [4.69, 9.17) is 18.9 Å². The summed E-state index contributed by atoms with van der Waals surface area (Å²) in [6, 6.07) is 8.48. The van der Waals surface area contributed by atoms with Crippen LogP contribution >= 0.6 is 0 Å². The summed E-state index contributed by atoms with van der Waals surface area (Å²) in [7, 11) is -3.69. The average molecular weight is 513 g/mol. The zero-order chi connectivity index (χ0) is 26.0. The lowest BCUT2D eigenvalue weighted by molar-refractivity contribution is -0.299. The number of hydrogen-bond donors (Lipinski definition) is 1. The fourth-order valence-corrected chi connectivity index (χ4v) is 7.31. The summed E-state index contributed by atoms with van der Waals surface area (Å²) >= 11 is 0. The van der Waals surface area contributed by atoms with Crippen LogP contribution in [0, 0.1) is 17.8 Å². The Hall–Kier alpha value is -1.03. The van der Waals surface area contributed by atoms with Crippen LogP contribution in [0.2, 0.25) is 0 Å². The van der Waals surface area contributed by atoms with E-state index in [1.807, 2.05) is 34.6 Å². The lowest BCUT2D eigenvalue weighted by atomic mass is 9.87. The third-order valence-electron chi connectivity index (χ3n) is 7.37. The predicted octanol–water partition coefficient (Wildman–Crippen LogP) is 4.57. The number of aliphatic hydroxyl groups excluding tert-OH is 1. The molecule has 0 aromatic heterocycles. The van der Waals surface area contributed by atoms with Gasteiger partial charge in [-0.2, -0.15) is 0 Å². The molecule has 7 atom stereocenters. The van der Waals surface area contributed by atoms with Gasteiger partial charge in [0, 0.05) is 11.8 Å². The van der Waals surface area contributed by atoms with Gasteiger partial charge in [-0.05, 0) is 65.0 Å². The van der Waals surface area contributed by atoms with Crippen LogP contribution in [0.25, 0.3) is 0 Å². The number of benzene rings is 1. The van der Waals surface area contributed by atoms with Crippen molar-refractivity contribution in [3.05, 3.63) is 30.3 Å². The van der Waals surface area contributed by atoms with Crippen molar-refractivity contribution in [2.45, 2.75) is 108 Å². The molecule has 3 unspecified atom stereocenters. The van der Waals surface area contributed by atoms with Crippen molar-refractivity contribution < 1.29 is 32.5 Å². The molecule has 2 aliphatic rings. The van der Waals surface area contributed by atoms with E-state index in [2.05, 4.69) is 13.8 Å². The normalized spacial score (nSPS) is 29.9. The Morgan fingerprint density at radius 3 is 2.17 bits per heavy atom. The summed E-state index contributed by atoms with van der Waals surface area (Å²) in [6.45, 7) is 14.6. The van der Waals surface area contributed by atoms with E-state index in [9.17, 15) is 13.5 Å². The summed E-state index contributed by atoms with van der Waals surface area (Å²) in [5.74, 6) is -1.26. The second-order valence-electron chi connectivity index (χ2n) is 11.3. The van der Waals surface area contributed by atoms with E-state index < -0.39 is 32.8 Å². The lowest BCUT2D eigenvalue weighted by Gasteiger charge is -2.42. The van der Waals surface area contributed by atoms with E-state index in [1.165, 1.54) is 0 Å². The van der Waals surface area contributed by atoms with Crippen molar-refractivity contribution in [1.82, 2.24) is 0 Å². The summed E-state index contributed by atoms with van der Waals surface area (Å²) in [5.41, 5.74) is 0. The van der Waals surface area contributed by atoms with Gasteiger partial charge in [-0.1, -0.05) is 39.0 Å². The third kappa shape index (κ3) is 7.27. The molecule has 7 nitrogen and oxygen atoms in total. The monoisotopic (exact) mass is 512 g/mol. The van der Waals surface area contributed by atoms with Gasteiger partial charge < -0.3 is 24.1 Å². The van der Waals surface area contributed by atoms with Crippen LogP contribution in [0.4, 0.5) is 0 Å². The summed E-state index contributed by atoms with van der Waals surface area (Å²) in [5, 5.41) is 10.2. The highest BCUT2D eigenvalue weighted by Crippen LogP contribution is 2.36. The van der Waals surface area contributed by atoms with Crippen molar-refractivity contribution in [3.8, 4) is 0 Å². The van der Waals surface area contributed by atoms with E-state index in [-0.39, 0.29) is 41.3 Å². The van der Waals surface area contributed by atoms with Crippen LogP contribution in [-0.2, 0) is 28.8 Å². The van der Waals surface area contributed by atoms with Gasteiger partial charge >= 0.3 is 0 Å². The van der Waals surface area contributed by atoms with Gasteiger partial charge in [0.25, 0.3) is 0 Å². The molecule has 0 bridgehead atoms. The standard InChI is InChI=1S/C27H44O7S/c1-18(25-19(2)16-31-27(6,7)34-25)13-14-21(28)15-24(20(3)23-17-32-26(4,5)33-23)35(29,30)22-11-9-8-10-12-22/h8-12,18-21,23-25,28H,13-17H2,1-7H3/t18-,19+,20-,21?,23-,24?,25?/m0/s1. The molecule has 1 N–H and O–H groups in total. The average Bonchev–Trinajstić information content (AvgIpc) is 3.17. The Kier molecular flexibility index (Phi) is 9.09. The van der Waals surface area contributed by atoms with Gasteiger partial charge in [0.15, 0.2) is 21.4 Å². The molecule has 0 saturated carbocycles. The van der Waals surface area contributed by atoms with Crippen LogP contribution in [0.3, 0.4) is 0 Å². The maximum atomic E-state index is 13.7. The molecule has 2 saturated heterocycles. The van der Waals surface area contributed by atoms with Gasteiger partial charge in [0.05, 0.1) is 41.7 Å². The molecule has 8 heteroatoms. The Balaban J connectivity index is 1.71. The van der Waals surface area contributed by atoms with Crippen molar-refractivity contribution in [1.29, 1.82) is 0 Å². The van der Waals surface area contributed by atoms with E-state index >= 15 is 0 Å². The van der Waals surface area contributed by atoms with Crippen molar-refractivity contribution in [3.63, 3.8) is 0 Å². The molecular weight excluding hydrogens is 468 g/mol. The number of hydrogen-bond acceptors (Lipinski definition) is 7. The first-order valence-electron chi connectivity index (χ1n) is 12.8. The van der Waals surface area contributed by atoms with Gasteiger partial charge in [-0.3, -0.25) is 0 Å². The van der Waals surface area contributed by atoms with Gasteiger partial charge in [0.1, 0.15) is 0 Å². The molecule has 1 aromatic carbocycles. The van der Waals surface area contributed by atoms with Crippen LogP contribution in [0.1, 0.15) is 67.7 Å². The third-order valence-corrected chi connectivity index (χ3v) is 9.72. The molecule has 2 heterocycles. The summed E-state index contributed by atoms with van der Waals surface area (Å²) in [4.78, 5) is 0.266. The molecule has 200 valence electrons. The van der Waals surface area contributed by atoms with Gasteiger partial charge in [-0.25, -0.2) is 8.42 Å². The molecule has 3 rings (SSSR count). The Morgan fingerprint density at radius 2 is 1.57 bits per heavy atom. The van der Waals surface area contributed by atoms with Crippen molar-refractivity contribution in [2.75, 3.05) is 13.2 Å².